The fraction of sp³-hybridized carbons (Fsp3) is 1.00. The molecule has 1 N–H and O–H groups in total. The van der Waals surface area contributed by atoms with Crippen molar-refractivity contribution in [3.8, 4) is 0 Å². The number of nitrogens with one attached hydrogen (secondary N) is 1. The number of nitrogens with zero attached hydrogens (tertiary/aromatic N) is 1. The largest absolute Gasteiger partial charge is 0.377 e. The molecule has 0 spiro atoms. The first-order valence-corrected chi connectivity index (χ1v) is 8.49. The molecule has 0 aliphatic carbocycles. The Balaban J connectivity index is 2.41. The summed E-state index contributed by atoms with van der Waals surface area (Å²) in [6.45, 7) is 13.5. The maximum absolute atomic E-state index is 5.86. The van der Waals surface area contributed by atoms with Gasteiger partial charge in [-0.3, -0.25) is 0 Å². The molecule has 2 atom stereocenters. The summed E-state index contributed by atoms with van der Waals surface area (Å²) < 4.78 is 5.86. The lowest BCUT2D eigenvalue weighted by Crippen LogP contribution is -2.45. The number of rotatable bonds is 9. The van der Waals surface area contributed by atoms with E-state index in [1.54, 1.807) is 0 Å². The van der Waals surface area contributed by atoms with E-state index in [0.29, 0.717) is 17.6 Å². The number of ether oxygens (including phenoxy) is 1. The third kappa shape index (κ3) is 7.05. The van der Waals surface area contributed by atoms with E-state index in [1.165, 1.54) is 32.1 Å². The first kappa shape index (κ1) is 17.9. The minimum atomic E-state index is 0.364. The van der Waals surface area contributed by atoms with E-state index < -0.39 is 0 Å². The first-order valence-electron chi connectivity index (χ1n) is 8.49. The van der Waals surface area contributed by atoms with Crippen LogP contribution >= 0.6 is 0 Å². The van der Waals surface area contributed by atoms with Crippen LogP contribution in [0, 0.1) is 5.41 Å². The van der Waals surface area contributed by atoms with Gasteiger partial charge in [-0.25, -0.2) is 0 Å². The number of hydrogen-bond donors (Lipinski definition) is 1. The molecule has 2 unspecified atom stereocenters. The van der Waals surface area contributed by atoms with Gasteiger partial charge in [-0.1, -0.05) is 34.1 Å². The normalized spacial score (nSPS) is 23.2. The second-order valence-corrected chi connectivity index (χ2v) is 7.28. The van der Waals surface area contributed by atoms with E-state index in [0.717, 1.165) is 26.2 Å². The van der Waals surface area contributed by atoms with Crippen molar-refractivity contribution in [3.63, 3.8) is 0 Å². The lowest BCUT2D eigenvalue weighted by molar-refractivity contribution is -0.00756. The van der Waals surface area contributed by atoms with Crippen molar-refractivity contribution in [2.24, 2.45) is 5.41 Å². The van der Waals surface area contributed by atoms with Crippen molar-refractivity contribution in [1.82, 2.24) is 10.2 Å². The zero-order chi connectivity index (χ0) is 15.0. The summed E-state index contributed by atoms with van der Waals surface area (Å²) in [6.07, 6.45) is 6.80. The van der Waals surface area contributed by atoms with Gasteiger partial charge < -0.3 is 15.0 Å². The summed E-state index contributed by atoms with van der Waals surface area (Å²) in [5.74, 6) is 0. The van der Waals surface area contributed by atoms with Gasteiger partial charge in [0.15, 0.2) is 0 Å². The Kier molecular flexibility index (Phi) is 8.08. The molecule has 120 valence electrons. The fourth-order valence-corrected chi connectivity index (χ4v) is 3.29. The van der Waals surface area contributed by atoms with Crippen LogP contribution in [-0.4, -0.2) is 50.3 Å². The molecule has 1 saturated heterocycles. The maximum atomic E-state index is 5.86. The van der Waals surface area contributed by atoms with E-state index in [2.05, 4.69) is 45.0 Å². The molecule has 0 aromatic carbocycles. The van der Waals surface area contributed by atoms with E-state index in [4.69, 9.17) is 4.74 Å². The molecule has 1 fully saturated rings. The molecule has 0 aromatic rings. The van der Waals surface area contributed by atoms with Crippen LogP contribution in [0.5, 0.6) is 0 Å². The summed E-state index contributed by atoms with van der Waals surface area (Å²) in [4.78, 5) is 2.48. The van der Waals surface area contributed by atoms with Crippen LogP contribution in [0.4, 0.5) is 0 Å². The quantitative estimate of drug-likeness (QED) is 0.703. The van der Waals surface area contributed by atoms with Crippen molar-refractivity contribution in [2.45, 2.75) is 71.9 Å². The predicted molar refractivity (Wildman–Crippen MR) is 87.2 cm³/mol. The van der Waals surface area contributed by atoms with E-state index in [9.17, 15) is 0 Å². The highest BCUT2D eigenvalue weighted by Gasteiger charge is 2.26. The number of hydrogen-bond acceptors (Lipinski definition) is 3. The van der Waals surface area contributed by atoms with Crippen molar-refractivity contribution >= 4 is 0 Å². The van der Waals surface area contributed by atoms with Crippen LogP contribution in [0.3, 0.4) is 0 Å². The van der Waals surface area contributed by atoms with Gasteiger partial charge in [0.2, 0.25) is 0 Å². The third-order valence-electron chi connectivity index (χ3n) is 4.23. The molecule has 0 amide bonds. The Morgan fingerprint density at radius 1 is 1.35 bits per heavy atom. The van der Waals surface area contributed by atoms with E-state index in [1.807, 2.05) is 0 Å². The minimum Gasteiger partial charge on any atom is -0.377 e. The van der Waals surface area contributed by atoms with E-state index in [-0.39, 0.29) is 0 Å². The monoisotopic (exact) mass is 284 g/mol. The van der Waals surface area contributed by atoms with Gasteiger partial charge in [-0.15, -0.1) is 0 Å². The van der Waals surface area contributed by atoms with E-state index >= 15 is 0 Å². The van der Waals surface area contributed by atoms with Gasteiger partial charge in [0.1, 0.15) is 0 Å². The summed E-state index contributed by atoms with van der Waals surface area (Å²) >= 11 is 0. The molecule has 1 heterocycles. The Bertz CT molecular complexity index is 251. The Morgan fingerprint density at radius 3 is 2.65 bits per heavy atom. The lowest BCUT2D eigenvalue weighted by atomic mass is 9.84. The van der Waals surface area contributed by atoms with Crippen LogP contribution in [0.25, 0.3) is 0 Å². The average Bonchev–Trinajstić information content (AvgIpc) is 2.37. The van der Waals surface area contributed by atoms with Crippen molar-refractivity contribution in [1.29, 1.82) is 0 Å². The molecule has 0 radical (unpaired) electrons. The van der Waals surface area contributed by atoms with Crippen molar-refractivity contribution in [2.75, 3.05) is 33.3 Å². The summed E-state index contributed by atoms with van der Waals surface area (Å²) in [5, 5.41) is 3.62. The van der Waals surface area contributed by atoms with Crippen molar-refractivity contribution in [3.05, 3.63) is 0 Å². The Labute approximate surface area is 126 Å². The van der Waals surface area contributed by atoms with Crippen LogP contribution in [0.1, 0.15) is 59.8 Å². The highest BCUT2D eigenvalue weighted by atomic mass is 16.5. The molecule has 0 aromatic heterocycles. The molecule has 3 heteroatoms. The van der Waals surface area contributed by atoms with Gasteiger partial charge in [-0.2, -0.15) is 0 Å². The van der Waals surface area contributed by atoms with Gasteiger partial charge in [0, 0.05) is 32.3 Å². The first-order chi connectivity index (χ1) is 9.45. The highest BCUT2D eigenvalue weighted by molar-refractivity contribution is 4.81. The summed E-state index contributed by atoms with van der Waals surface area (Å²) in [6, 6.07) is 0.568. The third-order valence-corrected chi connectivity index (χ3v) is 4.23. The second-order valence-electron chi connectivity index (χ2n) is 7.28. The second kappa shape index (κ2) is 9.01. The van der Waals surface area contributed by atoms with Gasteiger partial charge >= 0.3 is 0 Å². The van der Waals surface area contributed by atoms with Gasteiger partial charge in [0.25, 0.3) is 0 Å². The topological polar surface area (TPSA) is 24.5 Å². The van der Waals surface area contributed by atoms with Crippen molar-refractivity contribution < 1.29 is 4.74 Å². The zero-order valence-corrected chi connectivity index (χ0v) is 14.4. The molecule has 0 bridgehead atoms. The molecule has 0 saturated carbocycles. The summed E-state index contributed by atoms with van der Waals surface area (Å²) in [7, 11) is 2.25. The zero-order valence-electron chi connectivity index (χ0n) is 14.4. The van der Waals surface area contributed by atoms with Crippen LogP contribution in [0.15, 0.2) is 0 Å². The molecule has 1 rings (SSSR count). The lowest BCUT2D eigenvalue weighted by Gasteiger charge is -2.36. The van der Waals surface area contributed by atoms with Crippen LogP contribution < -0.4 is 5.32 Å². The fourth-order valence-electron chi connectivity index (χ4n) is 3.29. The predicted octanol–water partition coefficient (Wildman–Crippen LogP) is 3.29. The molecule has 1 aliphatic rings. The molecule has 1 aliphatic heterocycles. The smallest absolute Gasteiger partial charge is 0.0701 e. The average molecular weight is 284 g/mol. The molecular formula is C17H36N2O. The highest BCUT2D eigenvalue weighted by Crippen LogP contribution is 2.24. The van der Waals surface area contributed by atoms with Crippen LogP contribution in [-0.2, 0) is 4.74 Å². The minimum absolute atomic E-state index is 0.364. The molecule has 20 heavy (non-hydrogen) atoms. The summed E-state index contributed by atoms with van der Waals surface area (Å²) in [5.41, 5.74) is 0.364. The molecule has 3 nitrogen and oxygen atoms in total. The maximum Gasteiger partial charge on any atom is 0.0701 e. The Hall–Kier alpha value is -0.120. The SMILES string of the molecule is CCCC(C)(CNC(C)C)CN(C)CC1CCCCO1. The number of likely N-dealkylation sites (N-methyl/N-ethyl adjacent to an activating group) is 1. The van der Waals surface area contributed by atoms with Crippen LogP contribution in [0.2, 0.25) is 0 Å². The van der Waals surface area contributed by atoms with Gasteiger partial charge in [0.05, 0.1) is 6.10 Å². The van der Waals surface area contributed by atoms with Gasteiger partial charge in [-0.05, 0) is 38.1 Å². The Morgan fingerprint density at radius 2 is 2.10 bits per heavy atom. The standard InChI is InChI=1S/C17H36N2O/c1-6-10-17(4,13-18-15(2)3)14-19(5)12-16-9-7-8-11-20-16/h15-16,18H,6-14H2,1-5H3. The molecular weight excluding hydrogens is 248 g/mol.